The number of carbonyl (C=O) groups is 2. The van der Waals surface area contributed by atoms with Crippen LogP contribution in [0.5, 0.6) is 0 Å². The summed E-state index contributed by atoms with van der Waals surface area (Å²) in [5, 5.41) is 2.71. The average Bonchev–Trinajstić information content (AvgIpc) is 3.03. The number of nitrogens with zero attached hydrogens (tertiary/aromatic N) is 1. The molecule has 1 aromatic heterocycles. The molecule has 0 bridgehead atoms. The number of hydrogen-bond donors (Lipinski definition) is 2. The number of aryl methyl sites for hydroxylation is 2. The number of anilines is 1. The number of esters is 1. The van der Waals surface area contributed by atoms with Crippen molar-refractivity contribution >= 4 is 28.6 Å². The van der Waals surface area contributed by atoms with E-state index in [-0.39, 0.29) is 12.5 Å². The van der Waals surface area contributed by atoms with Crippen molar-refractivity contribution in [2.75, 3.05) is 11.9 Å². The van der Waals surface area contributed by atoms with Gasteiger partial charge in [0, 0.05) is 5.69 Å². The van der Waals surface area contributed by atoms with Gasteiger partial charge in [0.2, 0.25) is 0 Å². The SMILES string of the molecule is Cc1ccc(NC(=O)COC(=O)c2ccc3nc[nH]c3c2)cc1C. The first-order valence-electron chi connectivity index (χ1n) is 7.50. The largest absolute Gasteiger partial charge is 0.452 e. The minimum atomic E-state index is -0.554. The third-order valence-electron chi connectivity index (χ3n) is 3.78. The lowest BCUT2D eigenvalue weighted by molar-refractivity contribution is -0.119. The van der Waals surface area contributed by atoms with Crippen LogP contribution in [0.1, 0.15) is 21.5 Å². The molecule has 0 spiro atoms. The molecule has 6 heteroatoms. The first kappa shape index (κ1) is 15.7. The molecule has 0 saturated heterocycles. The summed E-state index contributed by atoms with van der Waals surface area (Å²) in [5.74, 6) is -0.934. The lowest BCUT2D eigenvalue weighted by Gasteiger charge is -2.08. The smallest absolute Gasteiger partial charge is 0.338 e. The fourth-order valence-corrected chi connectivity index (χ4v) is 2.29. The quantitative estimate of drug-likeness (QED) is 0.723. The van der Waals surface area contributed by atoms with Gasteiger partial charge in [0.15, 0.2) is 6.61 Å². The summed E-state index contributed by atoms with van der Waals surface area (Å²) in [6.45, 7) is 3.63. The van der Waals surface area contributed by atoms with Crippen molar-refractivity contribution in [1.82, 2.24) is 9.97 Å². The van der Waals surface area contributed by atoms with Crippen molar-refractivity contribution in [3.63, 3.8) is 0 Å². The number of amides is 1. The summed E-state index contributed by atoms with van der Waals surface area (Å²) in [5.41, 5.74) is 4.78. The molecule has 0 saturated carbocycles. The second kappa shape index (κ2) is 6.54. The molecule has 0 aliphatic carbocycles. The van der Waals surface area contributed by atoms with Gasteiger partial charge < -0.3 is 15.0 Å². The zero-order chi connectivity index (χ0) is 17.1. The standard InChI is InChI=1S/C18H17N3O3/c1-11-3-5-14(7-12(11)2)21-17(22)9-24-18(23)13-4-6-15-16(8-13)20-10-19-15/h3-8,10H,9H2,1-2H3,(H,19,20)(H,21,22). The fraction of sp³-hybridized carbons (Fsp3) is 0.167. The van der Waals surface area contributed by atoms with E-state index < -0.39 is 5.97 Å². The second-order valence-corrected chi connectivity index (χ2v) is 5.56. The van der Waals surface area contributed by atoms with Crippen LogP contribution in [0.4, 0.5) is 5.69 Å². The minimum Gasteiger partial charge on any atom is -0.452 e. The van der Waals surface area contributed by atoms with Crippen LogP contribution in [-0.4, -0.2) is 28.5 Å². The van der Waals surface area contributed by atoms with Gasteiger partial charge in [-0.1, -0.05) is 6.07 Å². The van der Waals surface area contributed by atoms with Gasteiger partial charge in [0.05, 0.1) is 22.9 Å². The van der Waals surface area contributed by atoms with E-state index in [1.165, 1.54) is 0 Å². The van der Waals surface area contributed by atoms with Crippen LogP contribution in [-0.2, 0) is 9.53 Å². The number of aromatic amines is 1. The number of carbonyl (C=O) groups excluding carboxylic acids is 2. The van der Waals surface area contributed by atoms with Gasteiger partial charge >= 0.3 is 5.97 Å². The molecule has 2 aromatic carbocycles. The monoisotopic (exact) mass is 323 g/mol. The Morgan fingerprint density at radius 1 is 1.12 bits per heavy atom. The van der Waals surface area contributed by atoms with Crippen molar-refractivity contribution in [2.45, 2.75) is 13.8 Å². The first-order chi connectivity index (χ1) is 11.5. The van der Waals surface area contributed by atoms with Crippen LogP contribution in [0.25, 0.3) is 11.0 Å². The maximum atomic E-state index is 12.0. The molecule has 0 unspecified atom stereocenters. The predicted octanol–water partition coefficient (Wildman–Crippen LogP) is 2.98. The summed E-state index contributed by atoms with van der Waals surface area (Å²) in [6.07, 6.45) is 1.55. The number of benzene rings is 2. The van der Waals surface area contributed by atoms with Crippen molar-refractivity contribution in [2.24, 2.45) is 0 Å². The number of nitrogens with one attached hydrogen (secondary N) is 2. The third-order valence-corrected chi connectivity index (χ3v) is 3.78. The van der Waals surface area contributed by atoms with Crippen molar-refractivity contribution in [3.8, 4) is 0 Å². The van der Waals surface area contributed by atoms with Gasteiger partial charge in [-0.25, -0.2) is 9.78 Å². The van der Waals surface area contributed by atoms with E-state index in [9.17, 15) is 9.59 Å². The summed E-state index contributed by atoms with van der Waals surface area (Å²) >= 11 is 0. The normalized spacial score (nSPS) is 10.6. The molecule has 6 nitrogen and oxygen atoms in total. The molecule has 0 radical (unpaired) electrons. The van der Waals surface area contributed by atoms with Gasteiger partial charge in [-0.15, -0.1) is 0 Å². The van der Waals surface area contributed by atoms with Crippen molar-refractivity contribution in [3.05, 3.63) is 59.4 Å². The Hall–Kier alpha value is -3.15. The van der Waals surface area contributed by atoms with Crippen LogP contribution >= 0.6 is 0 Å². The van der Waals surface area contributed by atoms with Crippen LogP contribution in [0, 0.1) is 13.8 Å². The molecular formula is C18H17N3O3. The molecular weight excluding hydrogens is 306 g/mol. The van der Waals surface area contributed by atoms with E-state index in [1.54, 1.807) is 24.5 Å². The number of ether oxygens (including phenoxy) is 1. The molecule has 24 heavy (non-hydrogen) atoms. The molecule has 3 rings (SSSR count). The summed E-state index contributed by atoms with van der Waals surface area (Å²) in [7, 11) is 0. The molecule has 0 aliphatic heterocycles. The van der Waals surface area contributed by atoms with Crippen LogP contribution < -0.4 is 5.32 Å². The zero-order valence-electron chi connectivity index (χ0n) is 13.4. The van der Waals surface area contributed by atoms with Gasteiger partial charge in [0.1, 0.15) is 0 Å². The zero-order valence-corrected chi connectivity index (χ0v) is 13.4. The Morgan fingerprint density at radius 3 is 2.75 bits per heavy atom. The van der Waals surface area contributed by atoms with E-state index in [4.69, 9.17) is 4.74 Å². The lowest BCUT2D eigenvalue weighted by atomic mass is 10.1. The van der Waals surface area contributed by atoms with Crippen LogP contribution in [0.2, 0.25) is 0 Å². The Morgan fingerprint density at radius 2 is 1.96 bits per heavy atom. The Labute approximate surface area is 138 Å². The third kappa shape index (κ3) is 3.43. The fourth-order valence-electron chi connectivity index (χ4n) is 2.29. The highest BCUT2D eigenvalue weighted by molar-refractivity contribution is 5.97. The Balaban J connectivity index is 1.58. The maximum absolute atomic E-state index is 12.0. The molecule has 1 heterocycles. The molecule has 3 aromatic rings. The number of H-pyrrole nitrogens is 1. The van der Waals surface area contributed by atoms with Gasteiger partial charge in [-0.05, 0) is 55.3 Å². The maximum Gasteiger partial charge on any atom is 0.338 e. The van der Waals surface area contributed by atoms with Crippen LogP contribution in [0.15, 0.2) is 42.7 Å². The van der Waals surface area contributed by atoms with E-state index in [1.807, 2.05) is 32.0 Å². The van der Waals surface area contributed by atoms with E-state index in [0.717, 1.165) is 22.2 Å². The highest BCUT2D eigenvalue weighted by Crippen LogP contribution is 2.15. The highest BCUT2D eigenvalue weighted by atomic mass is 16.5. The molecule has 0 aliphatic rings. The molecule has 1 amide bonds. The van der Waals surface area contributed by atoms with Gasteiger partial charge in [0.25, 0.3) is 5.91 Å². The number of fused-ring (bicyclic) bond motifs is 1. The van der Waals surface area contributed by atoms with Crippen molar-refractivity contribution < 1.29 is 14.3 Å². The van der Waals surface area contributed by atoms with E-state index >= 15 is 0 Å². The number of imidazole rings is 1. The van der Waals surface area contributed by atoms with E-state index in [2.05, 4.69) is 15.3 Å². The van der Waals surface area contributed by atoms with Crippen LogP contribution in [0.3, 0.4) is 0 Å². The summed E-state index contributed by atoms with van der Waals surface area (Å²) < 4.78 is 5.06. The van der Waals surface area contributed by atoms with E-state index in [0.29, 0.717) is 11.3 Å². The Kier molecular flexibility index (Phi) is 4.29. The predicted molar refractivity (Wildman–Crippen MR) is 90.9 cm³/mol. The van der Waals surface area contributed by atoms with Gasteiger partial charge in [-0.2, -0.15) is 0 Å². The molecule has 0 fully saturated rings. The molecule has 122 valence electrons. The summed E-state index contributed by atoms with van der Waals surface area (Å²) in [4.78, 5) is 30.9. The molecule has 0 atom stereocenters. The Bertz CT molecular complexity index is 915. The lowest BCUT2D eigenvalue weighted by Crippen LogP contribution is -2.21. The highest BCUT2D eigenvalue weighted by Gasteiger charge is 2.12. The van der Waals surface area contributed by atoms with Gasteiger partial charge in [-0.3, -0.25) is 4.79 Å². The molecule has 2 N–H and O–H groups in total. The first-order valence-corrected chi connectivity index (χ1v) is 7.50. The number of hydrogen-bond acceptors (Lipinski definition) is 4. The average molecular weight is 323 g/mol. The van der Waals surface area contributed by atoms with Crippen molar-refractivity contribution in [1.29, 1.82) is 0 Å². The minimum absolute atomic E-state index is 0.341. The topological polar surface area (TPSA) is 84.1 Å². The summed E-state index contributed by atoms with van der Waals surface area (Å²) in [6, 6.07) is 10.6. The second-order valence-electron chi connectivity index (χ2n) is 5.56. The number of rotatable bonds is 4. The number of aromatic nitrogens is 2.